The van der Waals surface area contributed by atoms with Crippen LogP contribution < -0.4 is 5.32 Å². The van der Waals surface area contributed by atoms with Gasteiger partial charge >= 0.3 is 0 Å². The lowest BCUT2D eigenvalue weighted by atomic mass is 10.0. The summed E-state index contributed by atoms with van der Waals surface area (Å²) >= 11 is 0. The first-order valence-corrected chi connectivity index (χ1v) is 5.86. The Bertz CT molecular complexity index is 576. The number of anilines is 1. The number of nitrogens with zero attached hydrogens (tertiary/aromatic N) is 1. The molecule has 1 aromatic carbocycles. The van der Waals surface area contributed by atoms with Crippen molar-refractivity contribution in [2.45, 2.75) is 27.2 Å². The van der Waals surface area contributed by atoms with E-state index in [1.807, 2.05) is 20.0 Å². The van der Waals surface area contributed by atoms with Crippen LogP contribution in [0.25, 0.3) is 10.9 Å². The number of hydrogen-bond acceptors (Lipinski definition) is 2. The van der Waals surface area contributed by atoms with Crippen LogP contribution in [-0.2, 0) is 6.42 Å². The summed E-state index contributed by atoms with van der Waals surface area (Å²) in [7, 11) is 1.87. The summed E-state index contributed by atoms with van der Waals surface area (Å²) in [6, 6.07) is 3.74. The van der Waals surface area contributed by atoms with Gasteiger partial charge in [-0.1, -0.05) is 19.1 Å². The molecule has 0 aliphatic carbocycles. The summed E-state index contributed by atoms with van der Waals surface area (Å²) in [6.07, 6.45) is 0.889. The normalized spacial score (nSPS) is 10.9. The molecule has 0 saturated carbocycles. The zero-order valence-electron chi connectivity index (χ0n) is 10.7. The molecule has 2 nitrogen and oxygen atoms in total. The smallest absolute Gasteiger partial charge is 0.152 e. The maximum absolute atomic E-state index is 14.0. The molecule has 0 aliphatic heterocycles. The average molecular weight is 232 g/mol. The number of pyridine rings is 1. The van der Waals surface area contributed by atoms with Crippen molar-refractivity contribution in [1.82, 2.24) is 4.98 Å². The number of aryl methyl sites for hydroxylation is 2. The minimum absolute atomic E-state index is 0.218. The first kappa shape index (κ1) is 11.8. The van der Waals surface area contributed by atoms with E-state index >= 15 is 0 Å². The molecule has 1 aromatic heterocycles. The van der Waals surface area contributed by atoms with E-state index in [4.69, 9.17) is 0 Å². The topological polar surface area (TPSA) is 24.9 Å². The fourth-order valence-corrected chi connectivity index (χ4v) is 2.27. The third-order valence-corrected chi connectivity index (χ3v) is 3.20. The van der Waals surface area contributed by atoms with Gasteiger partial charge in [0.1, 0.15) is 5.52 Å². The minimum Gasteiger partial charge on any atom is -0.387 e. The van der Waals surface area contributed by atoms with Crippen molar-refractivity contribution in [3.05, 3.63) is 34.8 Å². The molecule has 0 saturated heterocycles. The Labute approximate surface area is 101 Å². The molecule has 0 radical (unpaired) electrons. The van der Waals surface area contributed by atoms with Gasteiger partial charge in [-0.2, -0.15) is 0 Å². The number of halogens is 1. The van der Waals surface area contributed by atoms with Crippen molar-refractivity contribution in [2.75, 3.05) is 12.4 Å². The molecule has 0 aliphatic rings. The lowest BCUT2D eigenvalue weighted by Gasteiger charge is -2.14. The number of hydrogen-bond donors (Lipinski definition) is 1. The van der Waals surface area contributed by atoms with E-state index in [0.29, 0.717) is 11.1 Å². The van der Waals surface area contributed by atoms with Gasteiger partial charge in [0.15, 0.2) is 5.82 Å². The largest absolute Gasteiger partial charge is 0.387 e. The first-order chi connectivity index (χ1) is 8.10. The number of fused-ring (bicyclic) bond motifs is 1. The second-order valence-corrected chi connectivity index (χ2v) is 4.25. The molecular formula is C14H17FN2. The highest BCUT2D eigenvalue weighted by Crippen LogP contribution is 2.30. The van der Waals surface area contributed by atoms with Gasteiger partial charge in [0, 0.05) is 23.8 Å². The predicted octanol–water partition coefficient (Wildman–Crippen LogP) is 3.59. The zero-order chi connectivity index (χ0) is 12.6. The third-order valence-electron chi connectivity index (χ3n) is 3.20. The van der Waals surface area contributed by atoms with Crippen LogP contribution in [-0.4, -0.2) is 12.0 Å². The Morgan fingerprint density at radius 2 is 2.00 bits per heavy atom. The molecule has 0 bridgehead atoms. The van der Waals surface area contributed by atoms with Crippen molar-refractivity contribution >= 4 is 16.6 Å². The van der Waals surface area contributed by atoms with Crippen molar-refractivity contribution in [1.29, 1.82) is 0 Å². The summed E-state index contributed by atoms with van der Waals surface area (Å²) in [4.78, 5) is 4.40. The minimum atomic E-state index is -0.218. The highest BCUT2D eigenvalue weighted by molar-refractivity contribution is 5.94. The number of aromatic nitrogens is 1. The molecule has 2 rings (SSSR count). The second-order valence-electron chi connectivity index (χ2n) is 4.25. The van der Waals surface area contributed by atoms with Crippen LogP contribution in [0.5, 0.6) is 0 Å². The Morgan fingerprint density at radius 3 is 2.59 bits per heavy atom. The molecule has 2 aromatic rings. The Balaban J connectivity index is 2.92. The quantitative estimate of drug-likeness (QED) is 0.855. The van der Waals surface area contributed by atoms with E-state index in [1.54, 1.807) is 13.0 Å². The fourth-order valence-electron chi connectivity index (χ4n) is 2.27. The van der Waals surface area contributed by atoms with E-state index in [0.717, 1.165) is 28.8 Å². The van der Waals surface area contributed by atoms with Crippen LogP contribution in [0, 0.1) is 19.7 Å². The summed E-state index contributed by atoms with van der Waals surface area (Å²) in [5, 5.41) is 4.03. The molecule has 1 heterocycles. The Morgan fingerprint density at radius 1 is 1.29 bits per heavy atom. The molecule has 1 N–H and O–H groups in total. The van der Waals surface area contributed by atoms with E-state index in [9.17, 15) is 4.39 Å². The highest BCUT2D eigenvalue weighted by atomic mass is 19.1. The summed E-state index contributed by atoms with van der Waals surface area (Å²) in [5.41, 5.74) is 4.14. The van der Waals surface area contributed by atoms with Crippen LogP contribution in [0.2, 0.25) is 0 Å². The molecule has 0 atom stereocenters. The molecule has 0 fully saturated rings. The first-order valence-electron chi connectivity index (χ1n) is 5.86. The maximum Gasteiger partial charge on any atom is 0.152 e. The zero-order valence-corrected chi connectivity index (χ0v) is 10.7. The lowest BCUT2D eigenvalue weighted by Crippen LogP contribution is -2.02. The summed E-state index contributed by atoms with van der Waals surface area (Å²) in [5.74, 6) is -0.218. The van der Waals surface area contributed by atoms with Gasteiger partial charge in [-0.25, -0.2) is 9.37 Å². The van der Waals surface area contributed by atoms with Crippen molar-refractivity contribution < 1.29 is 4.39 Å². The van der Waals surface area contributed by atoms with Crippen LogP contribution in [0.1, 0.15) is 23.7 Å². The van der Waals surface area contributed by atoms with E-state index in [2.05, 4.69) is 17.2 Å². The van der Waals surface area contributed by atoms with Crippen LogP contribution in [0.4, 0.5) is 10.1 Å². The van der Waals surface area contributed by atoms with Gasteiger partial charge in [-0.15, -0.1) is 0 Å². The molecular weight excluding hydrogens is 215 g/mol. The molecule has 17 heavy (non-hydrogen) atoms. The predicted molar refractivity (Wildman–Crippen MR) is 70.1 cm³/mol. The summed E-state index contributed by atoms with van der Waals surface area (Å²) in [6.45, 7) is 5.78. The van der Waals surface area contributed by atoms with E-state index in [-0.39, 0.29) is 5.82 Å². The van der Waals surface area contributed by atoms with Gasteiger partial charge < -0.3 is 5.32 Å². The second kappa shape index (κ2) is 4.32. The number of rotatable bonds is 2. The fraction of sp³-hybridized carbons (Fsp3) is 0.357. The van der Waals surface area contributed by atoms with Crippen molar-refractivity contribution in [3.8, 4) is 0 Å². The van der Waals surface area contributed by atoms with Gasteiger partial charge in [0.25, 0.3) is 0 Å². The Kier molecular flexibility index (Phi) is 3.01. The maximum atomic E-state index is 14.0. The summed E-state index contributed by atoms with van der Waals surface area (Å²) < 4.78 is 14.0. The van der Waals surface area contributed by atoms with Crippen LogP contribution >= 0.6 is 0 Å². The SMILES string of the molecule is CCc1c(C)nc2c(F)c(C)ccc2c1NC. The highest BCUT2D eigenvalue weighted by Gasteiger charge is 2.13. The monoisotopic (exact) mass is 232 g/mol. The lowest BCUT2D eigenvalue weighted by molar-refractivity contribution is 0.627. The molecule has 0 spiro atoms. The number of nitrogens with one attached hydrogen (secondary N) is 1. The third kappa shape index (κ3) is 1.75. The van der Waals surface area contributed by atoms with Crippen molar-refractivity contribution in [2.24, 2.45) is 0 Å². The number of benzene rings is 1. The molecule has 0 amide bonds. The van der Waals surface area contributed by atoms with Crippen LogP contribution in [0.15, 0.2) is 12.1 Å². The average Bonchev–Trinajstić information content (AvgIpc) is 2.33. The molecule has 90 valence electrons. The molecule has 0 unspecified atom stereocenters. The van der Waals surface area contributed by atoms with Crippen molar-refractivity contribution in [3.63, 3.8) is 0 Å². The van der Waals surface area contributed by atoms with Gasteiger partial charge in [0.05, 0.1) is 0 Å². The standard InChI is InChI=1S/C14H17FN2/c1-5-10-9(3)17-14-11(13(10)16-4)7-6-8(2)12(14)15/h6-7H,5H2,1-4H3,(H,16,17). The van der Waals surface area contributed by atoms with E-state index < -0.39 is 0 Å². The van der Waals surface area contributed by atoms with E-state index in [1.165, 1.54) is 0 Å². The Hall–Kier alpha value is -1.64. The molecule has 3 heteroatoms. The van der Waals surface area contributed by atoms with Gasteiger partial charge in [-0.3, -0.25) is 0 Å². The van der Waals surface area contributed by atoms with Gasteiger partial charge in [0.2, 0.25) is 0 Å². The van der Waals surface area contributed by atoms with Gasteiger partial charge in [-0.05, 0) is 31.4 Å². The van der Waals surface area contributed by atoms with Crippen LogP contribution in [0.3, 0.4) is 0 Å².